The highest BCUT2D eigenvalue weighted by molar-refractivity contribution is 6.19. The average Bonchev–Trinajstić information content (AvgIpc) is 3.66. The van der Waals surface area contributed by atoms with E-state index in [-0.39, 0.29) is 12.1 Å². The van der Waals surface area contributed by atoms with E-state index in [0.29, 0.717) is 25.0 Å². The lowest BCUT2D eigenvalue weighted by molar-refractivity contribution is 0.282. The van der Waals surface area contributed by atoms with Gasteiger partial charge in [0.1, 0.15) is 13.2 Å². The van der Waals surface area contributed by atoms with Crippen molar-refractivity contribution in [1.29, 1.82) is 0 Å². The van der Waals surface area contributed by atoms with E-state index in [1.54, 1.807) is 0 Å². The first-order valence-corrected chi connectivity index (χ1v) is 14.0. The molecule has 4 aromatic rings. The summed E-state index contributed by atoms with van der Waals surface area (Å²) in [6.45, 7) is 10.2. The van der Waals surface area contributed by atoms with Crippen molar-refractivity contribution < 1.29 is 9.47 Å². The van der Waals surface area contributed by atoms with Crippen molar-refractivity contribution in [3.05, 3.63) is 83.9 Å². The van der Waals surface area contributed by atoms with Crippen molar-refractivity contribution >= 4 is 33.3 Å². The summed E-state index contributed by atoms with van der Waals surface area (Å²) in [4.78, 5) is 10.2. The molecule has 4 heteroatoms. The van der Waals surface area contributed by atoms with E-state index in [1.165, 1.54) is 21.5 Å². The quantitative estimate of drug-likeness (QED) is 0.256. The molecule has 2 aliphatic heterocycles. The van der Waals surface area contributed by atoms with Crippen molar-refractivity contribution in [3.8, 4) is 11.1 Å². The Balaban J connectivity index is 1.64. The van der Waals surface area contributed by atoms with Crippen LogP contribution in [0, 0.1) is 11.8 Å². The number of fused-ring (bicyclic) bond motifs is 2. The second kappa shape index (κ2) is 10.2. The van der Waals surface area contributed by atoms with Gasteiger partial charge in [-0.2, -0.15) is 0 Å². The molecule has 194 valence electrons. The Morgan fingerprint density at radius 2 is 1.05 bits per heavy atom. The molecule has 2 aliphatic rings. The third-order valence-corrected chi connectivity index (χ3v) is 8.52. The normalized spacial score (nSPS) is 20.6. The molecule has 0 saturated heterocycles. The Morgan fingerprint density at radius 1 is 0.632 bits per heavy atom. The van der Waals surface area contributed by atoms with Crippen LogP contribution in [0.25, 0.3) is 32.7 Å². The van der Waals surface area contributed by atoms with Crippen LogP contribution in [0.1, 0.15) is 51.7 Å². The van der Waals surface area contributed by atoms with Crippen LogP contribution in [0.3, 0.4) is 0 Å². The maximum atomic E-state index is 6.31. The lowest BCUT2D eigenvalue weighted by Gasteiger charge is -2.19. The predicted molar refractivity (Wildman–Crippen MR) is 158 cm³/mol. The minimum Gasteiger partial charge on any atom is -0.475 e. The molecule has 0 aliphatic carbocycles. The maximum absolute atomic E-state index is 6.31. The molecule has 0 amide bonds. The van der Waals surface area contributed by atoms with Crippen LogP contribution in [0.15, 0.2) is 82.8 Å². The monoisotopic (exact) mass is 504 g/mol. The van der Waals surface area contributed by atoms with Crippen LogP contribution in [0.2, 0.25) is 0 Å². The van der Waals surface area contributed by atoms with Crippen LogP contribution in [-0.4, -0.2) is 37.1 Å². The molecule has 0 fully saturated rings. The van der Waals surface area contributed by atoms with Gasteiger partial charge in [-0.05, 0) is 45.5 Å². The molecule has 2 heterocycles. The van der Waals surface area contributed by atoms with Crippen LogP contribution >= 0.6 is 0 Å². The van der Waals surface area contributed by atoms with E-state index in [0.717, 1.165) is 46.9 Å². The number of nitrogens with zero attached hydrogens (tertiary/aromatic N) is 2. The lowest BCUT2D eigenvalue weighted by Crippen LogP contribution is -2.16. The lowest BCUT2D eigenvalue weighted by atomic mass is 9.87. The van der Waals surface area contributed by atoms with Crippen molar-refractivity contribution in [2.24, 2.45) is 21.8 Å². The Hall–Kier alpha value is -3.66. The average molecular weight is 505 g/mol. The minimum absolute atomic E-state index is 0.181. The zero-order chi connectivity index (χ0) is 26.2. The van der Waals surface area contributed by atoms with Crippen molar-refractivity contribution in [2.75, 3.05) is 13.2 Å². The Kier molecular flexibility index (Phi) is 6.65. The highest BCUT2D eigenvalue weighted by atomic mass is 16.5. The summed E-state index contributed by atoms with van der Waals surface area (Å²) >= 11 is 0. The molecule has 0 radical (unpaired) electrons. The fourth-order valence-corrected chi connectivity index (χ4v) is 5.64. The second-order valence-corrected chi connectivity index (χ2v) is 10.8. The minimum atomic E-state index is 0.181. The molecule has 4 atom stereocenters. The Bertz CT molecular complexity index is 1440. The molecule has 0 spiro atoms. The standard InChI is InChI=1S/C34H36N2O2/c1-5-21(3)29-19-37-33(35-29)27-17-15-23-11-7-9-13-25(23)31(27)32-26-14-10-8-12-24(26)16-18-28(32)34-36-30(20-38-34)22(4)6-2/h7-18,21-22,29-30H,5-6,19-20H2,1-4H3/t21-,22-,29+,30+/m0/s1. The van der Waals surface area contributed by atoms with E-state index in [2.05, 4.69) is 100 Å². The molecule has 6 rings (SSSR count). The van der Waals surface area contributed by atoms with E-state index >= 15 is 0 Å². The first-order chi connectivity index (χ1) is 18.6. The summed E-state index contributed by atoms with van der Waals surface area (Å²) in [5.74, 6) is 2.43. The zero-order valence-electron chi connectivity index (χ0n) is 22.8. The number of aliphatic imine (C=N–C) groups is 2. The summed E-state index contributed by atoms with van der Waals surface area (Å²) in [7, 11) is 0. The number of benzene rings is 4. The van der Waals surface area contributed by atoms with Gasteiger partial charge in [0.05, 0.1) is 12.1 Å². The van der Waals surface area contributed by atoms with Gasteiger partial charge in [0.25, 0.3) is 0 Å². The zero-order valence-corrected chi connectivity index (χ0v) is 22.8. The van der Waals surface area contributed by atoms with E-state index < -0.39 is 0 Å². The predicted octanol–water partition coefficient (Wildman–Crippen LogP) is 8.04. The highest BCUT2D eigenvalue weighted by Crippen LogP contribution is 2.41. The first kappa shape index (κ1) is 24.7. The van der Waals surface area contributed by atoms with E-state index in [4.69, 9.17) is 19.5 Å². The van der Waals surface area contributed by atoms with Gasteiger partial charge in [-0.3, -0.25) is 0 Å². The summed E-state index contributed by atoms with van der Waals surface area (Å²) < 4.78 is 12.6. The molecule has 0 saturated carbocycles. The molecule has 0 aromatic heterocycles. The number of hydrogen-bond acceptors (Lipinski definition) is 4. The molecule has 0 bridgehead atoms. The molecular formula is C34H36N2O2. The second-order valence-electron chi connectivity index (χ2n) is 10.8. The fraction of sp³-hybridized carbons (Fsp3) is 0.353. The molecule has 4 aromatic carbocycles. The molecule has 0 N–H and O–H groups in total. The van der Waals surface area contributed by atoms with Crippen LogP contribution in [0.4, 0.5) is 0 Å². The third kappa shape index (κ3) is 4.26. The van der Waals surface area contributed by atoms with Gasteiger partial charge in [-0.25, -0.2) is 9.98 Å². The summed E-state index contributed by atoms with van der Waals surface area (Å²) in [5.41, 5.74) is 4.34. The number of ether oxygens (including phenoxy) is 2. The van der Waals surface area contributed by atoms with Gasteiger partial charge >= 0.3 is 0 Å². The van der Waals surface area contributed by atoms with Gasteiger partial charge < -0.3 is 9.47 Å². The molecule has 38 heavy (non-hydrogen) atoms. The van der Waals surface area contributed by atoms with Gasteiger partial charge in [0, 0.05) is 22.3 Å². The molecular weight excluding hydrogens is 468 g/mol. The van der Waals surface area contributed by atoms with E-state index in [9.17, 15) is 0 Å². The van der Waals surface area contributed by atoms with Crippen molar-refractivity contribution in [3.63, 3.8) is 0 Å². The Labute approximate surface area is 225 Å². The topological polar surface area (TPSA) is 43.2 Å². The number of hydrogen-bond donors (Lipinski definition) is 0. The van der Waals surface area contributed by atoms with Crippen LogP contribution in [0.5, 0.6) is 0 Å². The summed E-state index contributed by atoms with van der Waals surface area (Å²) in [5, 5.41) is 4.74. The smallest absolute Gasteiger partial charge is 0.217 e. The van der Waals surface area contributed by atoms with Gasteiger partial charge in [0.2, 0.25) is 11.8 Å². The summed E-state index contributed by atoms with van der Waals surface area (Å²) in [6, 6.07) is 26.3. The molecule has 4 nitrogen and oxygen atoms in total. The Morgan fingerprint density at radius 3 is 1.47 bits per heavy atom. The maximum Gasteiger partial charge on any atom is 0.217 e. The van der Waals surface area contributed by atoms with Crippen LogP contribution in [-0.2, 0) is 9.47 Å². The van der Waals surface area contributed by atoms with E-state index in [1.807, 2.05) is 0 Å². The highest BCUT2D eigenvalue weighted by Gasteiger charge is 2.30. The fourth-order valence-electron chi connectivity index (χ4n) is 5.64. The van der Waals surface area contributed by atoms with Gasteiger partial charge in [-0.1, -0.05) is 101 Å². The van der Waals surface area contributed by atoms with Crippen LogP contribution < -0.4 is 0 Å². The number of rotatable bonds is 7. The first-order valence-electron chi connectivity index (χ1n) is 14.0. The van der Waals surface area contributed by atoms with Gasteiger partial charge in [-0.15, -0.1) is 0 Å². The largest absolute Gasteiger partial charge is 0.475 e. The SMILES string of the molecule is CC[C@H](C)[C@H]1COC(c2ccc3ccccc3c2-c2c(C3=N[C@@H]([C@@H](C)CC)CO3)ccc3ccccc23)=N1. The van der Waals surface area contributed by atoms with Gasteiger partial charge in [0.15, 0.2) is 0 Å². The third-order valence-electron chi connectivity index (χ3n) is 8.52. The van der Waals surface area contributed by atoms with Crippen molar-refractivity contribution in [2.45, 2.75) is 52.6 Å². The summed E-state index contributed by atoms with van der Waals surface area (Å²) in [6.07, 6.45) is 2.16. The van der Waals surface area contributed by atoms with Crippen molar-refractivity contribution in [1.82, 2.24) is 0 Å². The molecule has 0 unspecified atom stereocenters.